The van der Waals surface area contributed by atoms with E-state index in [9.17, 15) is 4.79 Å². The van der Waals surface area contributed by atoms with E-state index in [4.69, 9.17) is 5.11 Å². The normalized spacial score (nSPS) is 20.6. The first-order chi connectivity index (χ1) is 5.22. The van der Waals surface area contributed by atoms with Gasteiger partial charge in [0.15, 0.2) is 0 Å². The number of carbonyl (C=O) groups is 1. The maximum absolute atomic E-state index is 10.6. The molecule has 0 saturated carbocycles. The lowest BCUT2D eigenvalue weighted by Gasteiger charge is -2.15. The molecule has 0 amide bonds. The second-order valence-corrected chi connectivity index (χ2v) is 3.81. The van der Waals surface area contributed by atoms with Gasteiger partial charge >= 0.3 is 5.97 Å². The maximum Gasteiger partial charge on any atom is 0.310 e. The zero-order chi connectivity index (χ0) is 8.27. The molecule has 0 fully saturated rings. The van der Waals surface area contributed by atoms with Crippen LogP contribution in [0.15, 0.2) is 11.6 Å². The molecule has 1 unspecified atom stereocenters. The number of carboxylic acid groups (broad SMARTS) is 1. The fraction of sp³-hybridized carbons (Fsp3) is 0.625. The van der Waals surface area contributed by atoms with Crippen molar-refractivity contribution in [3.05, 3.63) is 11.6 Å². The Labute approximate surface area is 70.7 Å². The van der Waals surface area contributed by atoms with Gasteiger partial charge in [-0.15, -0.1) is 0 Å². The first-order valence-electron chi connectivity index (χ1n) is 3.71. The molecular formula is C8H12O2S. The molecule has 0 bridgehead atoms. The summed E-state index contributed by atoms with van der Waals surface area (Å²) in [6.45, 7) is 1.75. The van der Waals surface area contributed by atoms with Gasteiger partial charge in [-0.1, -0.05) is 11.6 Å². The second-order valence-electron chi connectivity index (χ2n) is 2.66. The highest BCUT2D eigenvalue weighted by Crippen LogP contribution is 2.23. The Kier molecular flexibility index (Phi) is 3.00. The van der Waals surface area contributed by atoms with Crippen molar-refractivity contribution in [1.82, 2.24) is 0 Å². The first-order valence-corrected chi connectivity index (χ1v) is 4.86. The van der Waals surface area contributed by atoms with Crippen molar-refractivity contribution in [1.29, 1.82) is 0 Å². The van der Waals surface area contributed by atoms with Crippen molar-refractivity contribution in [2.45, 2.75) is 13.3 Å². The third-order valence-electron chi connectivity index (χ3n) is 1.93. The van der Waals surface area contributed by atoms with Gasteiger partial charge in [-0.3, -0.25) is 4.79 Å². The summed E-state index contributed by atoms with van der Waals surface area (Å²) in [5.74, 6) is 1.06. The summed E-state index contributed by atoms with van der Waals surface area (Å²) in [5, 5.41) is 8.69. The Bertz CT molecular complexity index is 187. The molecular weight excluding hydrogens is 160 g/mol. The number of rotatable bonds is 2. The molecule has 1 aliphatic heterocycles. The number of hydrogen-bond acceptors (Lipinski definition) is 2. The Balaban J connectivity index is 2.58. The molecule has 3 heteroatoms. The molecule has 1 heterocycles. The Morgan fingerprint density at radius 2 is 2.55 bits per heavy atom. The Morgan fingerprint density at radius 1 is 1.82 bits per heavy atom. The SMILES string of the molecule is CC(C(=O)O)C1=CCSCC1. The summed E-state index contributed by atoms with van der Waals surface area (Å²) in [6, 6.07) is 0. The molecule has 1 rings (SSSR count). The van der Waals surface area contributed by atoms with E-state index in [0.717, 1.165) is 23.5 Å². The topological polar surface area (TPSA) is 37.3 Å². The summed E-state index contributed by atoms with van der Waals surface area (Å²) >= 11 is 1.86. The van der Waals surface area contributed by atoms with Gasteiger partial charge in [0.2, 0.25) is 0 Å². The highest BCUT2D eigenvalue weighted by molar-refractivity contribution is 7.99. The third-order valence-corrected chi connectivity index (χ3v) is 2.82. The van der Waals surface area contributed by atoms with Crippen molar-refractivity contribution >= 4 is 17.7 Å². The van der Waals surface area contributed by atoms with Crippen LogP contribution in [0.1, 0.15) is 13.3 Å². The van der Waals surface area contributed by atoms with E-state index in [1.54, 1.807) is 6.92 Å². The quantitative estimate of drug-likeness (QED) is 0.645. The smallest absolute Gasteiger partial charge is 0.310 e. The van der Waals surface area contributed by atoms with Gasteiger partial charge in [0.1, 0.15) is 0 Å². The van der Waals surface area contributed by atoms with Crippen LogP contribution in [0, 0.1) is 5.92 Å². The van der Waals surface area contributed by atoms with Crippen molar-refractivity contribution in [2.24, 2.45) is 5.92 Å². The van der Waals surface area contributed by atoms with Gasteiger partial charge in [-0.25, -0.2) is 0 Å². The number of carboxylic acids is 1. The highest BCUT2D eigenvalue weighted by Gasteiger charge is 2.17. The summed E-state index contributed by atoms with van der Waals surface area (Å²) in [6.07, 6.45) is 2.99. The average molecular weight is 172 g/mol. The predicted molar refractivity (Wildman–Crippen MR) is 46.8 cm³/mol. The van der Waals surface area contributed by atoms with Gasteiger partial charge in [-0.2, -0.15) is 11.8 Å². The zero-order valence-electron chi connectivity index (χ0n) is 6.54. The van der Waals surface area contributed by atoms with E-state index in [1.807, 2.05) is 17.8 Å². The maximum atomic E-state index is 10.6. The van der Waals surface area contributed by atoms with Crippen LogP contribution in [0.5, 0.6) is 0 Å². The average Bonchev–Trinajstić information content (AvgIpc) is 2.05. The molecule has 1 N–H and O–H groups in total. The molecule has 0 radical (unpaired) electrons. The van der Waals surface area contributed by atoms with Crippen LogP contribution in [-0.2, 0) is 4.79 Å². The molecule has 0 spiro atoms. The Morgan fingerprint density at radius 3 is 3.00 bits per heavy atom. The number of aliphatic carboxylic acids is 1. The van der Waals surface area contributed by atoms with E-state index in [1.165, 1.54) is 0 Å². The van der Waals surface area contributed by atoms with E-state index in [-0.39, 0.29) is 5.92 Å². The molecule has 11 heavy (non-hydrogen) atoms. The minimum absolute atomic E-state index is 0.282. The van der Waals surface area contributed by atoms with Crippen LogP contribution in [0.2, 0.25) is 0 Å². The lowest BCUT2D eigenvalue weighted by Crippen LogP contribution is -2.14. The molecule has 2 nitrogen and oxygen atoms in total. The minimum Gasteiger partial charge on any atom is -0.481 e. The van der Waals surface area contributed by atoms with Gasteiger partial charge < -0.3 is 5.11 Å². The standard InChI is InChI=1S/C8H12O2S/c1-6(8(9)10)7-2-4-11-5-3-7/h2,6H,3-5H2,1H3,(H,9,10). The van der Waals surface area contributed by atoms with Gasteiger partial charge in [0.25, 0.3) is 0 Å². The third kappa shape index (κ3) is 2.26. The van der Waals surface area contributed by atoms with Crippen LogP contribution in [0.3, 0.4) is 0 Å². The lowest BCUT2D eigenvalue weighted by molar-refractivity contribution is -0.139. The molecule has 1 atom stereocenters. The summed E-state index contributed by atoms with van der Waals surface area (Å²) < 4.78 is 0. The number of hydrogen-bond donors (Lipinski definition) is 1. The molecule has 1 aliphatic rings. The van der Waals surface area contributed by atoms with Crippen LogP contribution in [0.25, 0.3) is 0 Å². The minimum atomic E-state index is -0.705. The van der Waals surface area contributed by atoms with Crippen molar-refractivity contribution < 1.29 is 9.90 Å². The lowest BCUT2D eigenvalue weighted by atomic mass is 9.99. The summed E-state index contributed by atoms with van der Waals surface area (Å²) in [4.78, 5) is 10.6. The van der Waals surface area contributed by atoms with E-state index >= 15 is 0 Å². The predicted octanol–water partition coefficient (Wildman–Crippen LogP) is 1.77. The van der Waals surface area contributed by atoms with Gasteiger partial charge in [-0.05, 0) is 19.1 Å². The van der Waals surface area contributed by atoms with Crippen LogP contribution < -0.4 is 0 Å². The van der Waals surface area contributed by atoms with Crippen molar-refractivity contribution in [3.8, 4) is 0 Å². The molecule has 0 aromatic carbocycles. The van der Waals surface area contributed by atoms with Crippen LogP contribution in [0.4, 0.5) is 0 Å². The summed E-state index contributed by atoms with van der Waals surface area (Å²) in [7, 11) is 0. The molecule has 0 aliphatic carbocycles. The zero-order valence-corrected chi connectivity index (χ0v) is 7.36. The van der Waals surface area contributed by atoms with Crippen molar-refractivity contribution in [3.63, 3.8) is 0 Å². The molecule has 0 saturated heterocycles. The second kappa shape index (κ2) is 3.81. The highest BCUT2D eigenvalue weighted by atomic mass is 32.2. The van der Waals surface area contributed by atoms with Gasteiger partial charge in [0.05, 0.1) is 5.92 Å². The number of thioether (sulfide) groups is 1. The fourth-order valence-electron chi connectivity index (χ4n) is 1.09. The van der Waals surface area contributed by atoms with E-state index < -0.39 is 5.97 Å². The van der Waals surface area contributed by atoms with E-state index in [2.05, 4.69) is 0 Å². The monoisotopic (exact) mass is 172 g/mol. The van der Waals surface area contributed by atoms with Crippen LogP contribution >= 0.6 is 11.8 Å². The van der Waals surface area contributed by atoms with Crippen LogP contribution in [-0.4, -0.2) is 22.6 Å². The van der Waals surface area contributed by atoms with E-state index in [0.29, 0.717) is 0 Å². The molecule has 0 aromatic heterocycles. The Hall–Kier alpha value is -0.440. The molecule has 62 valence electrons. The fourth-order valence-corrected chi connectivity index (χ4v) is 1.97. The largest absolute Gasteiger partial charge is 0.481 e. The first kappa shape index (κ1) is 8.65. The van der Waals surface area contributed by atoms with Gasteiger partial charge in [0, 0.05) is 5.75 Å². The van der Waals surface area contributed by atoms with Crippen molar-refractivity contribution in [2.75, 3.05) is 11.5 Å². The summed E-state index contributed by atoms with van der Waals surface area (Å²) in [5.41, 5.74) is 1.09. The molecule has 0 aromatic rings.